The highest BCUT2D eigenvalue weighted by Crippen LogP contribution is 2.25. The fraction of sp³-hybridized carbons (Fsp3) is 0.714. The fourth-order valence-corrected chi connectivity index (χ4v) is 2.34. The molecule has 0 bridgehead atoms. The Bertz CT molecular complexity index is 363. The number of nitrogens with zero attached hydrogens (tertiary/aromatic N) is 3. The summed E-state index contributed by atoms with van der Waals surface area (Å²) in [5.74, 6) is 2.58. The average Bonchev–Trinajstić information content (AvgIpc) is 2.40. The third-order valence-corrected chi connectivity index (χ3v) is 3.92. The predicted octanol–water partition coefficient (Wildman–Crippen LogP) is 2.07. The molecule has 1 aliphatic heterocycles. The average molecular weight is 248 g/mol. The number of hydrogen-bond donors (Lipinski definition) is 1. The molecule has 1 fully saturated rings. The molecule has 0 radical (unpaired) electrons. The van der Waals surface area contributed by atoms with E-state index < -0.39 is 0 Å². The van der Waals surface area contributed by atoms with Gasteiger partial charge in [-0.15, -0.1) is 5.10 Å². The van der Waals surface area contributed by atoms with Crippen molar-refractivity contribution in [3.05, 3.63) is 17.8 Å². The second-order valence-corrected chi connectivity index (χ2v) is 5.35. The van der Waals surface area contributed by atoms with E-state index in [1.54, 1.807) is 0 Å². The van der Waals surface area contributed by atoms with E-state index in [1.807, 2.05) is 0 Å². The highest BCUT2D eigenvalue weighted by atomic mass is 15.3. The van der Waals surface area contributed by atoms with E-state index in [1.165, 1.54) is 6.42 Å². The van der Waals surface area contributed by atoms with Gasteiger partial charge < -0.3 is 10.2 Å². The zero-order valence-corrected chi connectivity index (χ0v) is 11.7. The van der Waals surface area contributed by atoms with Gasteiger partial charge in [0, 0.05) is 19.6 Å². The van der Waals surface area contributed by atoms with Crippen LogP contribution in [0.4, 0.5) is 5.82 Å². The van der Waals surface area contributed by atoms with Crippen LogP contribution in [-0.4, -0.2) is 29.8 Å². The largest absolute Gasteiger partial charge is 0.355 e. The molecule has 0 saturated carbocycles. The summed E-state index contributed by atoms with van der Waals surface area (Å²) in [6.45, 7) is 10.7. The number of anilines is 1. The summed E-state index contributed by atoms with van der Waals surface area (Å²) in [6.07, 6.45) is 1.25. The van der Waals surface area contributed by atoms with Crippen molar-refractivity contribution in [1.29, 1.82) is 0 Å². The Morgan fingerprint density at radius 1 is 1.28 bits per heavy atom. The zero-order chi connectivity index (χ0) is 13.0. The second kappa shape index (κ2) is 6.14. The number of rotatable bonds is 4. The SMILES string of the molecule is CCNCc1ccc(N2CCC(C)C(C)C2)nn1. The lowest BCUT2D eigenvalue weighted by molar-refractivity contribution is 0.322. The van der Waals surface area contributed by atoms with Crippen LogP contribution in [0.2, 0.25) is 0 Å². The van der Waals surface area contributed by atoms with Crippen molar-refractivity contribution in [2.45, 2.75) is 33.7 Å². The van der Waals surface area contributed by atoms with E-state index in [4.69, 9.17) is 0 Å². The van der Waals surface area contributed by atoms with Crippen LogP contribution in [-0.2, 0) is 6.54 Å². The molecule has 2 atom stereocenters. The number of aromatic nitrogens is 2. The summed E-state index contributed by atoms with van der Waals surface area (Å²) < 4.78 is 0. The molecule has 100 valence electrons. The molecule has 1 aliphatic rings. The van der Waals surface area contributed by atoms with Crippen LogP contribution in [0.1, 0.15) is 32.9 Å². The lowest BCUT2D eigenvalue weighted by Gasteiger charge is -2.35. The van der Waals surface area contributed by atoms with Gasteiger partial charge >= 0.3 is 0 Å². The summed E-state index contributed by atoms with van der Waals surface area (Å²) in [7, 11) is 0. The third kappa shape index (κ3) is 3.19. The Balaban J connectivity index is 1.97. The van der Waals surface area contributed by atoms with Crippen LogP contribution in [0.15, 0.2) is 12.1 Å². The topological polar surface area (TPSA) is 41.0 Å². The van der Waals surface area contributed by atoms with Crippen LogP contribution in [0.5, 0.6) is 0 Å². The van der Waals surface area contributed by atoms with Gasteiger partial charge in [-0.2, -0.15) is 5.10 Å². The lowest BCUT2D eigenvalue weighted by atomic mass is 9.89. The molecule has 0 spiro atoms. The first-order chi connectivity index (χ1) is 8.70. The molecule has 1 saturated heterocycles. The van der Waals surface area contributed by atoms with Crippen molar-refractivity contribution in [3.63, 3.8) is 0 Å². The molecule has 0 aromatic carbocycles. The van der Waals surface area contributed by atoms with Gasteiger partial charge in [0.1, 0.15) is 0 Å². The van der Waals surface area contributed by atoms with E-state index in [9.17, 15) is 0 Å². The van der Waals surface area contributed by atoms with Crippen LogP contribution in [0, 0.1) is 11.8 Å². The first kappa shape index (κ1) is 13.3. The molecule has 4 nitrogen and oxygen atoms in total. The molecule has 1 N–H and O–H groups in total. The predicted molar refractivity (Wildman–Crippen MR) is 74.6 cm³/mol. The van der Waals surface area contributed by atoms with E-state index in [0.29, 0.717) is 0 Å². The van der Waals surface area contributed by atoms with Gasteiger partial charge in [-0.1, -0.05) is 20.8 Å². The summed E-state index contributed by atoms with van der Waals surface area (Å²) in [6, 6.07) is 4.18. The smallest absolute Gasteiger partial charge is 0.151 e. The summed E-state index contributed by atoms with van der Waals surface area (Å²) in [4.78, 5) is 2.36. The Morgan fingerprint density at radius 2 is 2.11 bits per heavy atom. The van der Waals surface area contributed by atoms with Crippen molar-refractivity contribution < 1.29 is 0 Å². The lowest BCUT2D eigenvalue weighted by Crippen LogP contribution is -2.39. The molecule has 1 aromatic rings. The maximum absolute atomic E-state index is 4.35. The zero-order valence-electron chi connectivity index (χ0n) is 11.7. The molecule has 2 unspecified atom stereocenters. The third-order valence-electron chi connectivity index (χ3n) is 3.92. The van der Waals surface area contributed by atoms with Gasteiger partial charge in [0.15, 0.2) is 5.82 Å². The molecule has 18 heavy (non-hydrogen) atoms. The van der Waals surface area contributed by atoms with Crippen molar-refractivity contribution in [2.75, 3.05) is 24.5 Å². The molecule has 0 aliphatic carbocycles. The molecule has 0 amide bonds. The molecule has 4 heteroatoms. The van der Waals surface area contributed by atoms with Crippen molar-refractivity contribution in [1.82, 2.24) is 15.5 Å². The number of hydrogen-bond acceptors (Lipinski definition) is 4. The normalized spacial score (nSPS) is 24.3. The van der Waals surface area contributed by atoms with Crippen LogP contribution in [0.25, 0.3) is 0 Å². The minimum atomic E-state index is 0.738. The maximum atomic E-state index is 4.35. The summed E-state index contributed by atoms with van der Waals surface area (Å²) in [5, 5.41) is 11.9. The van der Waals surface area contributed by atoms with Crippen molar-refractivity contribution in [3.8, 4) is 0 Å². The number of nitrogens with one attached hydrogen (secondary N) is 1. The highest BCUT2D eigenvalue weighted by Gasteiger charge is 2.23. The maximum Gasteiger partial charge on any atom is 0.151 e. The van der Waals surface area contributed by atoms with Crippen LogP contribution >= 0.6 is 0 Å². The van der Waals surface area contributed by atoms with E-state index >= 15 is 0 Å². The Kier molecular flexibility index (Phi) is 4.53. The summed E-state index contributed by atoms with van der Waals surface area (Å²) in [5.41, 5.74) is 1.01. The van der Waals surface area contributed by atoms with Gasteiger partial charge in [-0.25, -0.2) is 0 Å². The van der Waals surface area contributed by atoms with Crippen molar-refractivity contribution >= 4 is 5.82 Å². The minimum Gasteiger partial charge on any atom is -0.355 e. The van der Waals surface area contributed by atoms with Gasteiger partial charge in [-0.05, 0) is 36.9 Å². The Hall–Kier alpha value is -1.16. The Labute approximate surface area is 110 Å². The molecule has 1 aromatic heterocycles. The van der Waals surface area contributed by atoms with Gasteiger partial charge in [-0.3, -0.25) is 0 Å². The van der Waals surface area contributed by atoms with Crippen LogP contribution in [0.3, 0.4) is 0 Å². The van der Waals surface area contributed by atoms with Gasteiger partial charge in [0.25, 0.3) is 0 Å². The van der Waals surface area contributed by atoms with E-state index in [0.717, 1.165) is 49.5 Å². The standard InChI is InChI=1S/C14H24N4/c1-4-15-9-13-5-6-14(17-16-13)18-8-7-11(2)12(3)10-18/h5-6,11-12,15H,4,7-10H2,1-3H3. The van der Waals surface area contributed by atoms with Crippen LogP contribution < -0.4 is 10.2 Å². The van der Waals surface area contributed by atoms with E-state index in [2.05, 4.69) is 53.3 Å². The Morgan fingerprint density at radius 3 is 2.72 bits per heavy atom. The monoisotopic (exact) mass is 248 g/mol. The highest BCUT2D eigenvalue weighted by molar-refractivity contribution is 5.38. The van der Waals surface area contributed by atoms with E-state index in [-0.39, 0.29) is 0 Å². The quantitative estimate of drug-likeness (QED) is 0.885. The van der Waals surface area contributed by atoms with Gasteiger partial charge in [0.2, 0.25) is 0 Å². The summed E-state index contributed by atoms with van der Waals surface area (Å²) >= 11 is 0. The second-order valence-electron chi connectivity index (χ2n) is 5.35. The molecular formula is C14H24N4. The first-order valence-electron chi connectivity index (χ1n) is 6.99. The van der Waals surface area contributed by atoms with Crippen molar-refractivity contribution in [2.24, 2.45) is 11.8 Å². The minimum absolute atomic E-state index is 0.738. The molecular weight excluding hydrogens is 224 g/mol. The molecule has 2 heterocycles. The van der Waals surface area contributed by atoms with Gasteiger partial charge in [0.05, 0.1) is 5.69 Å². The number of piperidine rings is 1. The fourth-order valence-electron chi connectivity index (χ4n) is 2.34. The molecule has 2 rings (SSSR count). The first-order valence-corrected chi connectivity index (χ1v) is 6.99.